The quantitative estimate of drug-likeness (QED) is 0.833. The molecule has 0 saturated carbocycles. The number of esters is 1. The summed E-state index contributed by atoms with van der Waals surface area (Å²) in [7, 11) is 0. The van der Waals surface area contributed by atoms with Crippen molar-refractivity contribution in [2.24, 2.45) is 0 Å². The normalized spacial score (nSPS) is 11.3. The number of carbonyl (C=O) groups is 2. The monoisotopic (exact) mass is 271 g/mol. The first-order valence-corrected chi connectivity index (χ1v) is 6.55. The molecule has 0 aromatic carbocycles. The first-order valence-electron chi connectivity index (χ1n) is 5.67. The Kier molecular flexibility index (Phi) is 4.84. The molecule has 1 aromatic heterocycles. The van der Waals surface area contributed by atoms with Gasteiger partial charge in [0.25, 0.3) is 0 Å². The topological polar surface area (TPSA) is 76.5 Å². The number of carboxylic acids is 1. The van der Waals surface area contributed by atoms with E-state index >= 15 is 0 Å². The van der Waals surface area contributed by atoms with Crippen LogP contribution in [0, 0.1) is 0 Å². The number of rotatable bonds is 5. The zero-order chi connectivity index (χ0) is 13.8. The van der Waals surface area contributed by atoms with Gasteiger partial charge in [-0.2, -0.15) is 0 Å². The predicted octanol–water partition coefficient (Wildman–Crippen LogP) is 2.51. The molecule has 6 heteroatoms. The fraction of sp³-hybridized carbons (Fsp3) is 0.583. The van der Waals surface area contributed by atoms with Crippen molar-refractivity contribution in [2.75, 3.05) is 0 Å². The highest BCUT2D eigenvalue weighted by molar-refractivity contribution is 7.11. The van der Waals surface area contributed by atoms with E-state index in [0.29, 0.717) is 17.8 Å². The van der Waals surface area contributed by atoms with Crippen LogP contribution in [0.5, 0.6) is 0 Å². The van der Waals surface area contributed by atoms with Crippen molar-refractivity contribution >= 4 is 23.3 Å². The predicted molar refractivity (Wildman–Crippen MR) is 67.9 cm³/mol. The number of hydrogen-bond acceptors (Lipinski definition) is 5. The standard InChI is InChI=1S/C12H17NO4S/c1-12(2,3)17-11(16)10-13-8(7-18-10)5-4-6-9(14)15/h7H,4-6H2,1-3H3,(H,14,15). The summed E-state index contributed by atoms with van der Waals surface area (Å²) in [6, 6.07) is 0. The first-order chi connectivity index (χ1) is 8.28. The maximum Gasteiger partial charge on any atom is 0.367 e. The highest BCUT2D eigenvalue weighted by atomic mass is 32.1. The lowest BCUT2D eigenvalue weighted by atomic mass is 10.2. The van der Waals surface area contributed by atoms with Crippen LogP contribution in [0.3, 0.4) is 0 Å². The minimum absolute atomic E-state index is 0.110. The summed E-state index contributed by atoms with van der Waals surface area (Å²) in [4.78, 5) is 26.2. The summed E-state index contributed by atoms with van der Waals surface area (Å²) < 4.78 is 5.19. The second-order valence-corrected chi connectivity index (χ2v) is 5.75. The molecule has 0 radical (unpaired) electrons. The summed E-state index contributed by atoms with van der Waals surface area (Å²) in [6.45, 7) is 5.39. The van der Waals surface area contributed by atoms with Gasteiger partial charge >= 0.3 is 11.9 Å². The minimum Gasteiger partial charge on any atom is -0.481 e. The SMILES string of the molecule is CC(C)(C)OC(=O)c1nc(CCCC(=O)O)cs1. The van der Waals surface area contributed by atoms with E-state index in [4.69, 9.17) is 9.84 Å². The number of thiazole rings is 1. The number of carboxylic acid groups (broad SMARTS) is 1. The molecule has 1 N–H and O–H groups in total. The fourth-order valence-corrected chi connectivity index (χ4v) is 1.98. The average molecular weight is 271 g/mol. The molecule has 0 spiro atoms. The Bertz CT molecular complexity index is 434. The molecule has 0 amide bonds. The lowest BCUT2D eigenvalue weighted by Crippen LogP contribution is -2.23. The Balaban J connectivity index is 2.52. The number of ether oxygens (including phenoxy) is 1. The van der Waals surface area contributed by atoms with Crippen molar-refractivity contribution in [3.05, 3.63) is 16.1 Å². The molecular formula is C12H17NO4S. The molecule has 100 valence electrons. The van der Waals surface area contributed by atoms with E-state index in [-0.39, 0.29) is 6.42 Å². The number of nitrogens with zero attached hydrogens (tertiary/aromatic N) is 1. The van der Waals surface area contributed by atoms with Crippen LogP contribution in [0.1, 0.15) is 49.1 Å². The van der Waals surface area contributed by atoms with E-state index in [1.807, 2.05) is 0 Å². The number of aliphatic carboxylic acids is 1. The van der Waals surface area contributed by atoms with Crippen LogP contribution in [0.2, 0.25) is 0 Å². The Morgan fingerprint density at radius 1 is 1.44 bits per heavy atom. The van der Waals surface area contributed by atoms with Gasteiger partial charge < -0.3 is 9.84 Å². The van der Waals surface area contributed by atoms with E-state index in [9.17, 15) is 9.59 Å². The first kappa shape index (κ1) is 14.6. The minimum atomic E-state index is -0.822. The molecule has 0 saturated heterocycles. The molecule has 0 unspecified atom stereocenters. The van der Waals surface area contributed by atoms with Gasteiger partial charge in [-0.3, -0.25) is 4.79 Å². The van der Waals surface area contributed by atoms with Crippen LogP contribution in [0.15, 0.2) is 5.38 Å². The van der Waals surface area contributed by atoms with E-state index < -0.39 is 17.5 Å². The zero-order valence-electron chi connectivity index (χ0n) is 10.7. The molecular weight excluding hydrogens is 254 g/mol. The maximum absolute atomic E-state index is 11.7. The zero-order valence-corrected chi connectivity index (χ0v) is 11.5. The van der Waals surface area contributed by atoms with Gasteiger partial charge in [-0.05, 0) is 33.6 Å². The number of hydrogen-bond donors (Lipinski definition) is 1. The van der Waals surface area contributed by atoms with Crippen molar-refractivity contribution in [2.45, 2.75) is 45.6 Å². The third-order valence-corrected chi connectivity index (χ3v) is 2.82. The average Bonchev–Trinajstić information content (AvgIpc) is 2.63. The number of carbonyl (C=O) groups excluding carboxylic acids is 1. The Labute approximate surface area is 110 Å². The smallest absolute Gasteiger partial charge is 0.367 e. The summed E-state index contributed by atoms with van der Waals surface area (Å²) >= 11 is 1.22. The van der Waals surface area contributed by atoms with Crippen LogP contribution < -0.4 is 0 Å². The fourth-order valence-electron chi connectivity index (χ4n) is 1.26. The molecule has 1 aromatic rings. The molecule has 1 rings (SSSR count). The van der Waals surface area contributed by atoms with Gasteiger partial charge in [-0.25, -0.2) is 9.78 Å². The molecule has 0 aliphatic heterocycles. The van der Waals surface area contributed by atoms with E-state index in [1.54, 1.807) is 26.2 Å². The van der Waals surface area contributed by atoms with Gasteiger partial charge in [0.1, 0.15) is 5.60 Å². The van der Waals surface area contributed by atoms with Crippen LogP contribution in [0.25, 0.3) is 0 Å². The van der Waals surface area contributed by atoms with Crippen molar-refractivity contribution in [3.8, 4) is 0 Å². The van der Waals surface area contributed by atoms with Gasteiger partial charge in [0.05, 0.1) is 5.69 Å². The molecule has 5 nitrogen and oxygen atoms in total. The molecule has 0 aliphatic carbocycles. The van der Waals surface area contributed by atoms with Crippen molar-refractivity contribution in [1.82, 2.24) is 4.98 Å². The lowest BCUT2D eigenvalue weighted by molar-refractivity contribution is -0.137. The third kappa shape index (κ3) is 5.27. The van der Waals surface area contributed by atoms with E-state index in [1.165, 1.54) is 11.3 Å². The largest absolute Gasteiger partial charge is 0.481 e. The lowest BCUT2D eigenvalue weighted by Gasteiger charge is -2.18. The number of aromatic nitrogens is 1. The molecule has 0 aliphatic rings. The van der Waals surface area contributed by atoms with Gasteiger partial charge in [-0.15, -0.1) is 11.3 Å². The second kappa shape index (κ2) is 5.95. The van der Waals surface area contributed by atoms with Crippen LogP contribution >= 0.6 is 11.3 Å². The molecule has 1 heterocycles. The second-order valence-electron chi connectivity index (χ2n) is 4.89. The Morgan fingerprint density at radius 3 is 2.67 bits per heavy atom. The third-order valence-electron chi connectivity index (χ3n) is 1.95. The highest BCUT2D eigenvalue weighted by Crippen LogP contribution is 2.16. The van der Waals surface area contributed by atoms with Gasteiger partial charge in [-0.1, -0.05) is 0 Å². The van der Waals surface area contributed by atoms with Gasteiger partial charge in [0.2, 0.25) is 5.01 Å². The maximum atomic E-state index is 11.7. The highest BCUT2D eigenvalue weighted by Gasteiger charge is 2.20. The van der Waals surface area contributed by atoms with E-state index in [0.717, 1.165) is 5.69 Å². The summed E-state index contributed by atoms with van der Waals surface area (Å²) in [5, 5.41) is 10.6. The summed E-state index contributed by atoms with van der Waals surface area (Å²) in [5.41, 5.74) is 0.203. The molecule has 0 atom stereocenters. The Morgan fingerprint density at radius 2 is 2.11 bits per heavy atom. The van der Waals surface area contributed by atoms with Crippen LogP contribution in [0.4, 0.5) is 0 Å². The number of aryl methyl sites for hydroxylation is 1. The molecule has 18 heavy (non-hydrogen) atoms. The summed E-state index contributed by atoms with van der Waals surface area (Å²) in [6.07, 6.45) is 1.19. The van der Waals surface area contributed by atoms with Crippen molar-refractivity contribution in [1.29, 1.82) is 0 Å². The van der Waals surface area contributed by atoms with Crippen LogP contribution in [-0.4, -0.2) is 27.6 Å². The summed E-state index contributed by atoms with van der Waals surface area (Å²) in [5.74, 6) is -1.26. The van der Waals surface area contributed by atoms with Gasteiger partial charge in [0, 0.05) is 11.8 Å². The van der Waals surface area contributed by atoms with E-state index in [2.05, 4.69) is 4.98 Å². The van der Waals surface area contributed by atoms with Crippen LogP contribution in [-0.2, 0) is 16.0 Å². The van der Waals surface area contributed by atoms with Crippen molar-refractivity contribution in [3.63, 3.8) is 0 Å². The Hall–Kier alpha value is -1.43. The van der Waals surface area contributed by atoms with Gasteiger partial charge in [0.15, 0.2) is 0 Å². The molecule has 0 bridgehead atoms. The molecule has 0 fully saturated rings. The van der Waals surface area contributed by atoms with Crippen molar-refractivity contribution < 1.29 is 19.4 Å².